The summed E-state index contributed by atoms with van der Waals surface area (Å²) in [6, 6.07) is 10.2. The number of carbonyl (C=O) groups is 1. The van der Waals surface area contributed by atoms with Gasteiger partial charge in [0.05, 0.1) is 20.1 Å². The summed E-state index contributed by atoms with van der Waals surface area (Å²) in [7, 11) is -1.12. The predicted molar refractivity (Wildman–Crippen MR) is 106 cm³/mol. The molecule has 0 saturated carbocycles. The van der Waals surface area contributed by atoms with E-state index in [1.807, 2.05) is 0 Å². The molecule has 3 rings (SSSR count). The van der Waals surface area contributed by atoms with Gasteiger partial charge in [0.2, 0.25) is 15.9 Å². The van der Waals surface area contributed by atoms with Crippen LogP contribution in [0.5, 0.6) is 11.5 Å². The maximum atomic E-state index is 13.7. The molecule has 0 aromatic heterocycles. The minimum atomic E-state index is -4.00. The number of nitrogens with zero attached hydrogens (tertiary/aromatic N) is 1. The summed E-state index contributed by atoms with van der Waals surface area (Å²) < 4.78 is 51.2. The van der Waals surface area contributed by atoms with Crippen molar-refractivity contribution in [1.82, 2.24) is 4.31 Å². The van der Waals surface area contributed by atoms with Crippen molar-refractivity contribution in [1.29, 1.82) is 0 Å². The first kappa shape index (κ1) is 21.1. The van der Waals surface area contributed by atoms with E-state index in [0.29, 0.717) is 24.3 Å². The number of hydrogen-bond donors (Lipinski definition) is 1. The molecule has 156 valence electrons. The van der Waals surface area contributed by atoms with E-state index in [9.17, 15) is 17.6 Å². The largest absolute Gasteiger partial charge is 0.497 e. The minimum Gasteiger partial charge on any atom is -0.497 e. The lowest BCUT2D eigenvalue weighted by Gasteiger charge is -2.31. The third-order valence-electron chi connectivity index (χ3n) is 4.86. The van der Waals surface area contributed by atoms with Crippen LogP contribution in [0.2, 0.25) is 0 Å². The molecule has 1 fully saturated rings. The summed E-state index contributed by atoms with van der Waals surface area (Å²) >= 11 is 0. The van der Waals surface area contributed by atoms with Crippen LogP contribution in [0.25, 0.3) is 0 Å². The van der Waals surface area contributed by atoms with Crippen LogP contribution in [0.1, 0.15) is 12.8 Å². The second kappa shape index (κ2) is 8.79. The van der Waals surface area contributed by atoms with E-state index in [4.69, 9.17) is 9.47 Å². The molecule has 2 aromatic rings. The van der Waals surface area contributed by atoms with Gasteiger partial charge in [-0.3, -0.25) is 4.79 Å². The molecule has 1 saturated heterocycles. The first-order chi connectivity index (χ1) is 13.8. The molecule has 1 heterocycles. The number of ether oxygens (including phenoxy) is 2. The summed E-state index contributed by atoms with van der Waals surface area (Å²) in [5.74, 6) is -0.713. The van der Waals surface area contributed by atoms with Crippen molar-refractivity contribution in [2.75, 3.05) is 32.6 Å². The predicted octanol–water partition coefficient (Wildman–Crippen LogP) is 2.88. The topological polar surface area (TPSA) is 84.9 Å². The smallest absolute Gasteiger partial charge is 0.246 e. The number of hydrogen-bond acceptors (Lipinski definition) is 5. The molecule has 1 aliphatic rings. The fourth-order valence-electron chi connectivity index (χ4n) is 3.28. The number of anilines is 1. The summed E-state index contributed by atoms with van der Waals surface area (Å²) in [5.41, 5.74) is 0.600. The van der Waals surface area contributed by atoms with Crippen molar-refractivity contribution in [3.05, 3.63) is 48.3 Å². The number of rotatable bonds is 6. The lowest BCUT2D eigenvalue weighted by Crippen LogP contribution is -2.43. The Bertz CT molecular complexity index is 979. The van der Waals surface area contributed by atoms with Crippen molar-refractivity contribution in [2.24, 2.45) is 5.92 Å². The normalized spacial score (nSPS) is 17.6. The highest BCUT2D eigenvalue weighted by Gasteiger charge is 2.35. The standard InChI is InChI=1S/C20H23FN2O5S/c1-27-17-8-6-16(7-9-17)22-20(24)14-4-3-11-23(13-14)29(25,26)19-12-15(21)5-10-18(19)28-2/h5-10,12,14H,3-4,11,13H2,1-2H3,(H,22,24)/t14-/m0/s1. The molecule has 29 heavy (non-hydrogen) atoms. The number of amides is 1. The summed E-state index contributed by atoms with van der Waals surface area (Å²) in [4.78, 5) is 12.4. The molecule has 1 atom stereocenters. The van der Waals surface area contributed by atoms with Crippen LogP contribution in [0.4, 0.5) is 10.1 Å². The van der Waals surface area contributed by atoms with Crippen LogP contribution < -0.4 is 14.8 Å². The monoisotopic (exact) mass is 422 g/mol. The maximum absolute atomic E-state index is 13.7. The zero-order valence-electron chi connectivity index (χ0n) is 16.2. The minimum absolute atomic E-state index is 0.0178. The Labute approximate surface area is 169 Å². The van der Waals surface area contributed by atoms with E-state index >= 15 is 0 Å². The van der Waals surface area contributed by atoms with Crippen LogP contribution >= 0.6 is 0 Å². The van der Waals surface area contributed by atoms with E-state index < -0.39 is 21.8 Å². The molecule has 1 N–H and O–H groups in total. The molecule has 7 nitrogen and oxygen atoms in total. The lowest BCUT2D eigenvalue weighted by molar-refractivity contribution is -0.120. The van der Waals surface area contributed by atoms with E-state index in [2.05, 4.69) is 5.32 Å². The van der Waals surface area contributed by atoms with Crippen LogP contribution in [0.3, 0.4) is 0 Å². The molecular formula is C20H23FN2O5S. The number of piperidine rings is 1. The molecule has 0 bridgehead atoms. The van der Waals surface area contributed by atoms with E-state index in [1.54, 1.807) is 31.4 Å². The van der Waals surface area contributed by atoms with Gasteiger partial charge >= 0.3 is 0 Å². The Kier molecular flexibility index (Phi) is 6.39. The summed E-state index contributed by atoms with van der Waals surface area (Å²) in [6.45, 7) is 0.276. The second-order valence-electron chi connectivity index (χ2n) is 6.72. The van der Waals surface area contributed by atoms with Gasteiger partial charge in [-0.25, -0.2) is 12.8 Å². The van der Waals surface area contributed by atoms with Crippen LogP contribution in [-0.2, 0) is 14.8 Å². The third-order valence-corrected chi connectivity index (χ3v) is 6.74. The van der Waals surface area contributed by atoms with Gasteiger partial charge in [0.25, 0.3) is 0 Å². The van der Waals surface area contributed by atoms with Gasteiger partial charge in [0, 0.05) is 18.8 Å². The average Bonchev–Trinajstić information content (AvgIpc) is 2.74. The van der Waals surface area contributed by atoms with E-state index in [0.717, 1.165) is 12.1 Å². The number of methoxy groups -OCH3 is 2. The molecule has 0 aliphatic carbocycles. The Hall–Kier alpha value is -2.65. The number of carbonyl (C=O) groups excluding carboxylic acids is 1. The Morgan fingerprint density at radius 2 is 1.86 bits per heavy atom. The van der Waals surface area contributed by atoms with Crippen molar-refractivity contribution < 1.29 is 27.1 Å². The van der Waals surface area contributed by atoms with Gasteiger partial charge in [0.15, 0.2) is 0 Å². The number of halogens is 1. The van der Waals surface area contributed by atoms with Crippen molar-refractivity contribution in [3.63, 3.8) is 0 Å². The highest BCUT2D eigenvalue weighted by atomic mass is 32.2. The number of benzene rings is 2. The fourth-order valence-corrected chi connectivity index (χ4v) is 4.98. The second-order valence-corrected chi connectivity index (χ2v) is 8.62. The molecular weight excluding hydrogens is 399 g/mol. The molecule has 9 heteroatoms. The van der Waals surface area contributed by atoms with E-state index in [-0.39, 0.29) is 29.6 Å². The Morgan fingerprint density at radius 3 is 2.52 bits per heavy atom. The van der Waals surface area contributed by atoms with E-state index in [1.165, 1.54) is 17.5 Å². The van der Waals surface area contributed by atoms with Crippen molar-refractivity contribution in [3.8, 4) is 11.5 Å². The molecule has 0 radical (unpaired) electrons. The highest BCUT2D eigenvalue weighted by Crippen LogP contribution is 2.30. The SMILES string of the molecule is COc1ccc(NC(=O)[C@H]2CCCN(S(=O)(=O)c3cc(F)ccc3OC)C2)cc1. The first-order valence-corrected chi connectivity index (χ1v) is 10.6. The lowest BCUT2D eigenvalue weighted by atomic mass is 9.99. The summed E-state index contributed by atoms with van der Waals surface area (Å²) in [6.07, 6.45) is 1.09. The zero-order valence-corrected chi connectivity index (χ0v) is 17.0. The van der Waals surface area contributed by atoms with Gasteiger partial charge in [-0.05, 0) is 55.3 Å². The van der Waals surface area contributed by atoms with Crippen molar-refractivity contribution >= 4 is 21.6 Å². The maximum Gasteiger partial charge on any atom is 0.246 e. The molecule has 0 spiro atoms. The quantitative estimate of drug-likeness (QED) is 0.774. The van der Waals surface area contributed by atoms with Gasteiger partial charge in [0.1, 0.15) is 22.2 Å². The van der Waals surface area contributed by atoms with Gasteiger partial charge < -0.3 is 14.8 Å². The fraction of sp³-hybridized carbons (Fsp3) is 0.350. The molecule has 1 amide bonds. The molecule has 0 unspecified atom stereocenters. The van der Waals surface area contributed by atoms with Crippen LogP contribution in [0.15, 0.2) is 47.4 Å². The Balaban J connectivity index is 1.75. The number of sulfonamides is 1. The average molecular weight is 422 g/mol. The van der Waals surface area contributed by atoms with Crippen LogP contribution in [0, 0.1) is 11.7 Å². The third kappa shape index (κ3) is 4.68. The van der Waals surface area contributed by atoms with Gasteiger partial charge in [-0.2, -0.15) is 4.31 Å². The first-order valence-electron chi connectivity index (χ1n) is 9.13. The summed E-state index contributed by atoms with van der Waals surface area (Å²) in [5, 5.41) is 2.81. The van der Waals surface area contributed by atoms with Gasteiger partial charge in [-0.1, -0.05) is 0 Å². The zero-order chi connectivity index (χ0) is 21.0. The highest BCUT2D eigenvalue weighted by molar-refractivity contribution is 7.89. The number of nitrogens with one attached hydrogen (secondary N) is 1. The van der Waals surface area contributed by atoms with Crippen LogP contribution in [-0.4, -0.2) is 45.9 Å². The Morgan fingerprint density at radius 1 is 1.14 bits per heavy atom. The molecule has 2 aromatic carbocycles. The van der Waals surface area contributed by atoms with Crippen molar-refractivity contribution in [2.45, 2.75) is 17.7 Å². The molecule has 1 aliphatic heterocycles. The van der Waals surface area contributed by atoms with Gasteiger partial charge in [-0.15, -0.1) is 0 Å².